The Bertz CT molecular complexity index is 92.9. The standard InChI is InChI=1S/C8H18.BF4.FH.Na.H/c1-3-5-7-8-6-4-2;2-1(3,4)5;;;/h3-8H2,1-2H3;;1H;;/q;-1;;+1;-1. The minimum Gasteiger partial charge on any atom is -1.00 e. The molecule has 0 aromatic heterocycles. The Morgan fingerprint density at radius 3 is 1.13 bits per heavy atom. The Labute approximate surface area is 112 Å². The smallest absolute Gasteiger partial charge is 1.00 e. The first kappa shape index (κ1) is 24.8. The predicted octanol–water partition coefficient (Wildman–Crippen LogP) is 1.94. The van der Waals surface area contributed by atoms with Crippen LogP contribution in [0.1, 0.15) is 53.8 Å². The van der Waals surface area contributed by atoms with Crippen LogP contribution in [-0.2, 0) is 0 Å². The summed E-state index contributed by atoms with van der Waals surface area (Å²) < 4.78 is 39.0. The monoisotopic (exact) mass is 245 g/mol. The van der Waals surface area contributed by atoms with E-state index in [1.165, 1.54) is 38.5 Å². The van der Waals surface area contributed by atoms with E-state index >= 15 is 0 Å². The summed E-state index contributed by atoms with van der Waals surface area (Å²) in [5.41, 5.74) is 0. The number of halogens is 5. The Hall–Kier alpha value is 0.715. The van der Waals surface area contributed by atoms with Gasteiger partial charge in [-0.25, -0.2) is 0 Å². The summed E-state index contributed by atoms with van der Waals surface area (Å²) in [6.45, 7) is 4.51. The van der Waals surface area contributed by atoms with Crippen molar-refractivity contribution in [2.24, 2.45) is 0 Å². The molecule has 0 amide bonds. The second kappa shape index (κ2) is 17.1. The normalized spacial score (nSPS) is 9.20. The summed E-state index contributed by atoms with van der Waals surface area (Å²) in [5.74, 6) is 0. The molecule has 0 N–H and O–H groups in total. The van der Waals surface area contributed by atoms with Crippen molar-refractivity contribution >= 4 is 7.25 Å². The molecule has 0 aromatic carbocycles. The maximum absolute atomic E-state index is 9.75. The van der Waals surface area contributed by atoms with Crippen molar-refractivity contribution in [3.8, 4) is 0 Å². The first-order valence-electron chi connectivity index (χ1n) is 4.79. The summed E-state index contributed by atoms with van der Waals surface area (Å²) >= 11 is 0. The summed E-state index contributed by atoms with van der Waals surface area (Å²) in [4.78, 5) is 0. The van der Waals surface area contributed by atoms with Gasteiger partial charge in [-0.2, -0.15) is 0 Å². The molecule has 0 heterocycles. The summed E-state index contributed by atoms with van der Waals surface area (Å²) in [5, 5.41) is 0. The topological polar surface area (TPSA) is 0 Å². The van der Waals surface area contributed by atoms with Gasteiger partial charge in [0.25, 0.3) is 0 Å². The molecule has 0 aliphatic heterocycles. The SMILES string of the molecule is CCCCCCCC.F.F[B-](F)(F)F.[H-].[Na+]. The van der Waals surface area contributed by atoms with Crippen LogP contribution >= 0.6 is 0 Å². The van der Waals surface area contributed by atoms with E-state index in [0.717, 1.165) is 0 Å². The molecule has 0 radical (unpaired) electrons. The van der Waals surface area contributed by atoms with Gasteiger partial charge in [0.05, 0.1) is 0 Å². The van der Waals surface area contributed by atoms with Crippen LogP contribution in [0, 0.1) is 0 Å². The van der Waals surface area contributed by atoms with Crippen LogP contribution in [0.25, 0.3) is 0 Å². The van der Waals surface area contributed by atoms with Crippen LogP contribution in [0.4, 0.5) is 22.0 Å². The van der Waals surface area contributed by atoms with Gasteiger partial charge < -0.3 is 18.7 Å². The zero-order valence-corrected chi connectivity index (χ0v) is 11.7. The van der Waals surface area contributed by atoms with Crippen molar-refractivity contribution in [1.29, 1.82) is 0 Å². The van der Waals surface area contributed by atoms with E-state index in [9.17, 15) is 17.3 Å². The van der Waals surface area contributed by atoms with Crippen molar-refractivity contribution < 1.29 is 53.0 Å². The van der Waals surface area contributed by atoms with E-state index in [4.69, 9.17) is 0 Å². The summed E-state index contributed by atoms with van der Waals surface area (Å²) in [6, 6.07) is 0. The van der Waals surface area contributed by atoms with Crippen LogP contribution in [0.3, 0.4) is 0 Å². The molecule has 0 unspecified atom stereocenters. The van der Waals surface area contributed by atoms with Crippen LogP contribution in [0.5, 0.6) is 0 Å². The van der Waals surface area contributed by atoms with E-state index < -0.39 is 7.25 Å². The molecule has 7 heteroatoms. The zero-order valence-electron chi connectivity index (χ0n) is 10.7. The van der Waals surface area contributed by atoms with Crippen molar-refractivity contribution in [2.45, 2.75) is 52.4 Å². The van der Waals surface area contributed by atoms with Gasteiger partial charge in [-0.1, -0.05) is 52.4 Å². The first-order chi connectivity index (χ1) is 5.91. The third kappa shape index (κ3) is 72.8. The minimum atomic E-state index is -6.00. The van der Waals surface area contributed by atoms with Crippen LogP contribution in [0.15, 0.2) is 0 Å². The maximum atomic E-state index is 9.75. The number of hydrogen-bond acceptors (Lipinski definition) is 0. The summed E-state index contributed by atoms with van der Waals surface area (Å²) in [6.07, 6.45) is 8.49. The molecule has 0 saturated heterocycles. The van der Waals surface area contributed by atoms with E-state index in [0.29, 0.717) is 0 Å². The fourth-order valence-electron chi connectivity index (χ4n) is 0.854. The van der Waals surface area contributed by atoms with Crippen LogP contribution in [0.2, 0.25) is 0 Å². The van der Waals surface area contributed by atoms with Gasteiger partial charge in [0, 0.05) is 0 Å². The van der Waals surface area contributed by atoms with Crippen molar-refractivity contribution in [3.63, 3.8) is 0 Å². The molecule has 0 saturated carbocycles. The molecule has 0 aromatic rings. The van der Waals surface area contributed by atoms with E-state index in [-0.39, 0.29) is 35.7 Å². The van der Waals surface area contributed by atoms with Gasteiger partial charge in [0.2, 0.25) is 0 Å². The first-order valence-corrected chi connectivity index (χ1v) is 4.79. The molecule has 0 rings (SSSR count). The Morgan fingerprint density at radius 1 is 0.800 bits per heavy atom. The molecule has 15 heavy (non-hydrogen) atoms. The van der Waals surface area contributed by atoms with Crippen molar-refractivity contribution in [1.82, 2.24) is 0 Å². The number of unbranched alkanes of at least 4 members (excludes halogenated alkanes) is 5. The molecule has 0 fully saturated rings. The summed E-state index contributed by atoms with van der Waals surface area (Å²) in [7, 11) is -6.00. The number of hydrogen-bond donors (Lipinski definition) is 0. The molecular formula is C8H20BF5Na-. The van der Waals surface area contributed by atoms with Gasteiger partial charge in [0.1, 0.15) is 0 Å². The van der Waals surface area contributed by atoms with E-state index in [2.05, 4.69) is 13.8 Å². The second-order valence-electron chi connectivity index (χ2n) is 2.91. The largest absolute Gasteiger partial charge is 1.00 e. The molecule has 0 nitrogen and oxygen atoms in total. The van der Waals surface area contributed by atoms with Crippen LogP contribution < -0.4 is 29.6 Å². The Balaban J connectivity index is -0.0000000454. The minimum absolute atomic E-state index is 0. The molecule has 0 aliphatic rings. The molecule has 92 valence electrons. The third-order valence-corrected chi connectivity index (χ3v) is 1.46. The zero-order chi connectivity index (χ0) is 10.7. The molecular weight excluding hydrogens is 225 g/mol. The van der Waals surface area contributed by atoms with E-state index in [1.807, 2.05) is 0 Å². The van der Waals surface area contributed by atoms with Crippen LogP contribution in [-0.4, -0.2) is 7.25 Å². The van der Waals surface area contributed by atoms with E-state index in [1.54, 1.807) is 0 Å². The molecule has 0 aliphatic carbocycles. The third-order valence-electron chi connectivity index (χ3n) is 1.46. The Kier molecular flexibility index (Phi) is 28.3. The predicted molar refractivity (Wildman–Crippen MR) is 52.9 cm³/mol. The average molecular weight is 245 g/mol. The van der Waals surface area contributed by atoms with Gasteiger partial charge >= 0.3 is 36.8 Å². The fourth-order valence-corrected chi connectivity index (χ4v) is 0.854. The van der Waals surface area contributed by atoms with Crippen molar-refractivity contribution in [3.05, 3.63) is 0 Å². The van der Waals surface area contributed by atoms with Gasteiger partial charge in [-0.3, -0.25) is 4.70 Å². The second-order valence-corrected chi connectivity index (χ2v) is 2.91. The van der Waals surface area contributed by atoms with Gasteiger partial charge in [-0.05, 0) is 0 Å². The Morgan fingerprint density at radius 2 is 1.00 bits per heavy atom. The molecule has 0 atom stereocenters. The quantitative estimate of drug-likeness (QED) is 0.394. The number of rotatable bonds is 5. The van der Waals surface area contributed by atoms with Gasteiger partial charge in [0.15, 0.2) is 0 Å². The van der Waals surface area contributed by atoms with Gasteiger partial charge in [-0.15, -0.1) is 0 Å². The molecule has 0 bridgehead atoms. The average Bonchev–Trinajstić information content (AvgIpc) is 1.95. The fraction of sp³-hybridized carbons (Fsp3) is 1.00. The molecule has 0 spiro atoms. The van der Waals surface area contributed by atoms with Crippen molar-refractivity contribution in [2.75, 3.05) is 0 Å². The maximum Gasteiger partial charge on any atom is 1.00 e.